The molecule has 28 heavy (non-hydrogen) atoms. The monoisotopic (exact) mass is 391 g/mol. The Morgan fingerprint density at radius 2 is 1.79 bits per heavy atom. The number of rotatable bonds is 2. The van der Waals surface area contributed by atoms with Gasteiger partial charge < -0.3 is 16.0 Å². The Kier molecular flexibility index (Phi) is 4.28. The topological polar surface area (TPSA) is 97.8 Å². The van der Waals surface area contributed by atoms with Crippen molar-refractivity contribution >= 4 is 17.6 Å². The summed E-state index contributed by atoms with van der Waals surface area (Å²) in [5.74, 6) is 0.0851. The highest BCUT2D eigenvalue weighted by atomic mass is 19.4. The fourth-order valence-electron chi connectivity index (χ4n) is 3.97. The van der Waals surface area contributed by atoms with Gasteiger partial charge in [-0.25, -0.2) is 9.98 Å². The Morgan fingerprint density at radius 1 is 1.04 bits per heavy atom. The quantitative estimate of drug-likeness (QED) is 0.822. The van der Waals surface area contributed by atoms with Crippen molar-refractivity contribution in [3.8, 4) is 5.69 Å². The number of hydrogen-bond acceptors (Lipinski definition) is 6. The van der Waals surface area contributed by atoms with Crippen molar-refractivity contribution in [3.63, 3.8) is 0 Å². The summed E-state index contributed by atoms with van der Waals surface area (Å²) < 4.78 is 42.0. The first-order chi connectivity index (χ1) is 13.3. The number of nitrogens with zero attached hydrogens (tertiary/aromatic N) is 5. The lowest BCUT2D eigenvalue weighted by atomic mass is 9.87. The van der Waals surface area contributed by atoms with Gasteiger partial charge in [-0.05, 0) is 43.9 Å². The molecular weight excluding hydrogens is 371 g/mol. The summed E-state index contributed by atoms with van der Waals surface area (Å²) in [6, 6.07) is 3.54. The maximum absolute atomic E-state index is 13.5. The number of alkyl halides is 3. The first-order valence-corrected chi connectivity index (χ1v) is 8.99. The smallest absolute Gasteiger partial charge is 0.369 e. The molecule has 0 amide bonds. The number of aromatic nitrogens is 2. The standard InChI is InChI=1S/C18H20F3N7/c19-18(20,21)12-4-5-13(27-9-8-24-11-27)14(10-12)28-16(23)25-15(22)26-17(28)6-2-1-3-7-17/h4-5,8-11H,1-3,6-7H2,(H4,22,23,25,26). The minimum atomic E-state index is -4.49. The fraction of sp³-hybridized carbons (Fsp3) is 0.389. The van der Waals surface area contributed by atoms with Crippen LogP contribution in [0.3, 0.4) is 0 Å². The molecule has 1 saturated carbocycles. The van der Waals surface area contributed by atoms with Gasteiger partial charge in [-0.3, -0.25) is 4.90 Å². The average Bonchev–Trinajstić information content (AvgIpc) is 3.15. The molecule has 0 saturated heterocycles. The van der Waals surface area contributed by atoms with Crippen molar-refractivity contribution in [2.24, 2.45) is 21.5 Å². The van der Waals surface area contributed by atoms with Crippen LogP contribution in [0.4, 0.5) is 18.9 Å². The van der Waals surface area contributed by atoms with E-state index in [1.165, 1.54) is 12.4 Å². The van der Waals surface area contributed by atoms with Gasteiger partial charge in [0.05, 0.1) is 23.3 Å². The molecule has 7 nitrogen and oxygen atoms in total. The second-order valence-electron chi connectivity index (χ2n) is 6.99. The van der Waals surface area contributed by atoms with Gasteiger partial charge in [0.25, 0.3) is 0 Å². The number of halogens is 3. The molecule has 2 aliphatic rings. The van der Waals surface area contributed by atoms with Crippen LogP contribution in [0.1, 0.15) is 37.7 Å². The van der Waals surface area contributed by atoms with E-state index in [1.807, 2.05) is 0 Å². The predicted octanol–water partition coefficient (Wildman–Crippen LogP) is 3.00. The van der Waals surface area contributed by atoms with E-state index in [0.29, 0.717) is 18.5 Å². The van der Waals surface area contributed by atoms with E-state index >= 15 is 0 Å². The molecular formula is C18H20F3N7. The first-order valence-electron chi connectivity index (χ1n) is 8.99. The molecule has 2 heterocycles. The van der Waals surface area contributed by atoms with E-state index in [0.717, 1.165) is 31.4 Å². The lowest BCUT2D eigenvalue weighted by Crippen LogP contribution is -2.58. The third kappa shape index (κ3) is 3.08. The highest BCUT2D eigenvalue weighted by molar-refractivity contribution is 6.06. The largest absolute Gasteiger partial charge is 0.416 e. The van der Waals surface area contributed by atoms with Crippen LogP contribution in [0.15, 0.2) is 46.9 Å². The Balaban J connectivity index is 1.93. The van der Waals surface area contributed by atoms with E-state index in [-0.39, 0.29) is 17.6 Å². The molecule has 1 aliphatic heterocycles. The van der Waals surface area contributed by atoms with Crippen LogP contribution in [-0.2, 0) is 6.18 Å². The van der Waals surface area contributed by atoms with Gasteiger partial charge >= 0.3 is 6.18 Å². The van der Waals surface area contributed by atoms with E-state index in [2.05, 4.69) is 15.0 Å². The van der Waals surface area contributed by atoms with E-state index in [1.54, 1.807) is 21.9 Å². The Hall–Kier alpha value is -3.04. The van der Waals surface area contributed by atoms with Gasteiger partial charge in [0.2, 0.25) is 11.9 Å². The molecule has 10 heteroatoms. The summed E-state index contributed by atoms with van der Waals surface area (Å²) >= 11 is 0. The number of anilines is 1. The molecule has 4 rings (SSSR count). The lowest BCUT2D eigenvalue weighted by Gasteiger charge is -2.46. The van der Waals surface area contributed by atoms with Crippen LogP contribution in [0.2, 0.25) is 0 Å². The zero-order chi connectivity index (χ0) is 19.9. The van der Waals surface area contributed by atoms with Crippen LogP contribution >= 0.6 is 0 Å². The molecule has 148 valence electrons. The third-order valence-corrected chi connectivity index (χ3v) is 5.18. The van der Waals surface area contributed by atoms with Gasteiger partial charge in [0, 0.05) is 12.4 Å². The number of benzene rings is 1. The molecule has 0 atom stereocenters. The van der Waals surface area contributed by atoms with Crippen LogP contribution in [0.25, 0.3) is 5.69 Å². The van der Waals surface area contributed by atoms with E-state index in [4.69, 9.17) is 11.5 Å². The van der Waals surface area contributed by atoms with Crippen molar-refractivity contribution in [3.05, 3.63) is 42.5 Å². The molecule has 0 bridgehead atoms. The number of nitrogens with two attached hydrogens (primary N) is 2. The van der Waals surface area contributed by atoms with Crippen LogP contribution in [-0.4, -0.2) is 27.1 Å². The molecule has 0 radical (unpaired) electrons. The molecule has 1 aliphatic carbocycles. The first kappa shape index (κ1) is 18.3. The molecule has 1 aromatic carbocycles. The van der Waals surface area contributed by atoms with Gasteiger partial charge in [0.1, 0.15) is 5.66 Å². The number of aliphatic imine (C=N–C) groups is 2. The highest BCUT2D eigenvalue weighted by Crippen LogP contribution is 2.43. The number of hydrogen-bond donors (Lipinski definition) is 2. The lowest BCUT2D eigenvalue weighted by molar-refractivity contribution is -0.137. The molecule has 2 aromatic rings. The maximum atomic E-state index is 13.5. The van der Waals surface area contributed by atoms with Crippen LogP contribution in [0, 0.1) is 0 Å². The average molecular weight is 391 g/mol. The van der Waals surface area contributed by atoms with E-state index < -0.39 is 17.4 Å². The molecule has 0 unspecified atom stereocenters. The summed E-state index contributed by atoms with van der Waals surface area (Å²) in [4.78, 5) is 14.2. The van der Waals surface area contributed by atoms with Gasteiger partial charge in [-0.1, -0.05) is 6.42 Å². The minimum Gasteiger partial charge on any atom is -0.369 e. The van der Waals surface area contributed by atoms with Gasteiger partial charge in [-0.15, -0.1) is 0 Å². The second-order valence-corrected chi connectivity index (χ2v) is 6.99. The third-order valence-electron chi connectivity index (χ3n) is 5.18. The van der Waals surface area contributed by atoms with Crippen LogP contribution in [0.5, 0.6) is 0 Å². The normalized spacial score (nSPS) is 19.5. The van der Waals surface area contributed by atoms with Crippen molar-refractivity contribution in [2.75, 3.05) is 4.90 Å². The molecule has 1 fully saturated rings. The predicted molar refractivity (Wildman–Crippen MR) is 100 cm³/mol. The Labute approximate surface area is 159 Å². The van der Waals surface area contributed by atoms with Gasteiger partial charge in [0.15, 0.2) is 0 Å². The molecule has 1 spiro atoms. The Bertz CT molecular complexity index is 925. The summed E-state index contributed by atoms with van der Waals surface area (Å²) in [5, 5.41) is 0. The molecule has 1 aromatic heterocycles. The van der Waals surface area contributed by atoms with Crippen molar-refractivity contribution in [1.82, 2.24) is 9.55 Å². The van der Waals surface area contributed by atoms with Crippen molar-refractivity contribution in [2.45, 2.75) is 43.9 Å². The van der Waals surface area contributed by atoms with Crippen LogP contribution < -0.4 is 16.4 Å². The summed E-state index contributed by atoms with van der Waals surface area (Å²) in [6.45, 7) is 0. The van der Waals surface area contributed by atoms with Crippen molar-refractivity contribution < 1.29 is 13.2 Å². The Morgan fingerprint density at radius 3 is 2.43 bits per heavy atom. The van der Waals surface area contributed by atoms with Gasteiger partial charge in [-0.2, -0.15) is 18.2 Å². The summed E-state index contributed by atoms with van der Waals surface area (Å²) in [5.41, 5.74) is 11.2. The SMILES string of the molecule is NC1=NC2(CCCCC2)N(c2cc(C(F)(F)F)ccc2-n2ccnc2)C(N)=N1. The zero-order valence-corrected chi connectivity index (χ0v) is 15.0. The summed E-state index contributed by atoms with van der Waals surface area (Å²) in [7, 11) is 0. The summed E-state index contributed by atoms with van der Waals surface area (Å²) in [6.07, 6.45) is 4.28. The number of guanidine groups is 2. The highest BCUT2D eigenvalue weighted by Gasteiger charge is 2.44. The zero-order valence-electron chi connectivity index (χ0n) is 15.0. The fourth-order valence-corrected chi connectivity index (χ4v) is 3.97. The van der Waals surface area contributed by atoms with Crippen molar-refractivity contribution in [1.29, 1.82) is 0 Å². The minimum absolute atomic E-state index is 0.0371. The second kappa shape index (κ2) is 6.54. The van der Waals surface area contributed by atoms with E-state index in [9.17, 15) is 13.2 Å². The number of imidazole rings is 1. The maximum Gasteiger partial charge on any atom is 0.416 e. The molecule has 4 N–H and O–H groups in total.